The molecule has 1 saturated carbocycles. The molecule has 2 heterocycles. The van der Waals surface area contributed by atoms with E-state index in [0.29, 0.717) is 41.7 Å². The summed E-state index contributed by atoms with van der Waals surface area (Å²) in [5, 5.41) is 3.41. The van der Waals surface area contributed by atoms with Gasteiger partial charge in [0.05, 0.1) is 40.4 Å². The summed E-state index contributed by atoms with van der Waals surface area (Å²) >= 11 is 8.51. The maximum atomic E-state index is 15.8. The molecule has 0 spiro atoms. The molecule has 35 heavy (non-hydrogen) atoms. The Balaban J connectivity index is 1.50. The van der Waals surface area contributed by atoms with Gasteiger partial charge in [0.25, 0.3) is 5.91 Å². The molecule has 7 nitrogen and oxygen atoms in total. The van der Waals surface area contributed by atoms with Crippen LogP contribution in [0, 0.1) is 15.3 Å². The van der Waals surface area contributed by atoms with Crippen molar-refractivity contribution in [3.63, 3.8) is 0 Å². The average Bonchev–Trinajstić information content (AvgIpc) is 3.59. The van der Waals surface area contributed by atoms with Gasteiger partial charge >= 0.3 is 0 Å². The van der Waals surface area contributed by atoms with E-state index in [2.05, 4.69) is 43.4 Å². The van der Waals surface area contributed by atoms with Gasteiger partial charge < -0.3 is 9.88 Å². The van der Waals surface area contributed by atoms with Crippen LogP contribution in [0.2, 0.25) is 5.02 Å². The summed E-state index contributed by atoms with van der Waals surface area (Å²) in [6.45, 7) is 0.964. The number of carbonyl (C=O) groups excluding carboxylic acids is 1. The van der Waals surface area contributed by atoms with E-state index in [1.54, 1.807) is 30.7 Å². The van der Waals surface area contributed by atoms with E-state index in [1.807, 2.05) is 28.8 Å². The normalized spacial score (nSPS) is 13.2. The molecule has 1 aliphatic rings. The lowest BCUT2D eigenvalue weighted by Gasteiger charge is -2.16. The number of carbonyl (C=O) groups is 1. The van der Waals surface area contributed by atoms with Gasteiger partial charge in [0.15, 0.2) is 5.82 Å². The fraction of sp³-hybridized carbons (Fsp3) is 0.240. The van der Waals surface area contributed by atoms with Crippen LogP contribution in [0.15, 0.2) is 55.0 Å². The second kappa shape index (κ2) is 10.5. The van der Waals surface area contributed by atoms with Crippen molar-refractivity contribution >= 4 is 62.5 Å². The first kappa shape index (κ1) is 24.0. The Morgan fingerprint density at radius 3 is 2.83 bits per heavy atom. The van der Waals surface area contributed by atoms with Crippen molar-refractivity contribution in [2.24, 2.45) is 5.92 Å². The summed E-state index contributed by atoms with van der Waals surface area (Å²) in [6.07, 6.45) is 6.12. The molecule has 5 rings (SSSR count). The number of pyridine rings is 1. The highest BCUT2D eigenvalue weighted by Crippen LogP contribution is 2.34. The number of fused-ring (bicyclic) bond motifs is 1. The van der Waals surface area contributed by atoms with Gasteiger partial charge in [-0.1, -0.05) is 17.7 Å². The highest BCUT2D eigenvalue weighted by Gasteiger charge is 2.25. The lowest BCUT2D eigenvalue weighted by atomic mass is 10.1. The molecular weight excluding hydrogens is 584 g/mol. The van der Waals surface area contributed by atoms with E-state index >= 15 is 4.39 Å². The van der Waals surface area contributed by atoms with Crippen molar-refractivity contribution in [3.05, 3.63) is 80.7 Å². The second-order valence-corrected chi connectivity index (χ2v) is 10.1. The van der Waals surface area contributed by atoms with E-state index in [0.717, 1.165) is 22.1 Å². The number of hydrogen-bond donors (Lipinski definition) is 2. The number of halogens is 3. The van der Waals surface area contributed by atoms with Crippen molar-refractivity contribution in [1.29, 1.82) is 0 Å². The fourth-order valence-corrected chi connectivity index (χ4v) is 4.61. The maximum absolute atomic E-state index is 15.8. The van der Waals surface area contributed by atoms with Crippen LogP contribution in [0.4, 0.5) is 15.8 Å². The Labute approximate surface area is 220 Å². The number of amides is 1. The van der Waals surface area contributed by atoms with E-state index in [9.17, 15) is 4.79 Å². The summed E-state index contributed by atoms with van der Waals surface area (Å²) in [7, 11) is 0. The number of anilines is 2. The third-order valence-electron chi connectivity index (χ3n) is 5.81. The molecule has 1 aliphatic carbocycles. The van der Waals surface area contributed by atoms with Crippen molar-refractivity contribution in [1.82, 2.24) is 20.0 Å². The minimum Gasteiger partial charge on any atom is -0.351 e. The zero-order valence-corrected chi connectivity index (χ0v) is 21.5. The molecule has 0 bridgehead atoms. The average molecular weight is 606 g/mol. The van der Waals surface area contributed by atoms with Gasteiger partial charge in [-0.15, -0.1) is 0 Å². The molecule has 0 aliphatic heterocycles. The van der Waals surface area contributed by atoms with Crippen molar-refractivity contribution in [2.75, 3.05) is 11.9 Å². The summed E-state index contributed by atoms with van der Waals surface area (Å²) in [4.78, 5) is 27.1. The van der Waals surface area contributed by atoms with Crippen LogP contribution in [-0.2, 0) is 17.8 Å². The van der Waals surface area contributed by atoms with Crippen LogP contribution in [0.5, 0.6) is 0 Å². The Morgan fingerprint density at radius 2 is 2.09 bits per heavy atom. The first-order valence-electron chi connectivity index (χ1n) is 11.2. The smallest absolute Gasteiger partial charge is 0.277 e. The number of hydrogen-bond acceptors (Lipinski definition) is 5. The molecule has 2 aromatic heterocycles. The molecule has 0 saturated heterocycles. The largest absolute Gasteiger partial charge is 0.351 e. The SMILES string of the molecule is O=C(NOCC1CC1)c1cc2c(ncn2CCc2ccccn2)c(F)c1Nc1ccc(I)cc1Cl. The van der Waals surface area contributed by atoms with Crippen molar-refractivity contribution in [2.45, 2.75) is 25.8 Å². The molecule has 0 unspecified atom stereocenters. The zero-order chi connectivity index (χ0) is 24.4. The number of benzene rings is 2. The first-order chi connectivity index (χ1) is 17.0. The van der Waals surface area contributed by atoms with Gasteiger partial charge in [-0.3, -0.25) is 14.6 Å². The molecule has 1 fully saturated rings. The number of aryl methyl sites for hydroxylation is 2. The molecular formula is C25H22ClFIN5O2. The first-order valence-corrected chi connectivity index (χ1v) is 12.7. The Kier molecular flexibility index (Phi) is 7.17. The highest BCUT2D eigenvalue weighted by atomic mass is 127. The zero-order valence-electron chi connectivity index (χ0n) is 18.6. The Bertz CT molecular complexity index is 1380. The molecule has 4 aromatic rings. The number of nitrogens with one attached hydrogen (secondary N) is 2. The number of hydroxylamine groups is 1. The standard InChI is InChI=1S/C25H22ClFIN5O2/c26-19-11-16(28)6-7-20(19)31-23-18(25(34)32-35-13-15-4-5-15)12-21-24(22(23)27)30-14-33(21)10-8-17-3-1-2-9-29-17/h1-3,6-7,9,11-12,14-15,31H,4-5,8,10,13H2,(H,32,34). The topological polar surface area (TPSA) is 81.1 Å². The fourth-order valence-electron chi connectivity index (χ4n) is 3.71. The van der Waals surface area contributed by atoms with Crippen LogP contribution in [0.25, 0.3) is 11.0 Å². The van der Waals surface area contributed by atoms with Crippen LogP contribution < -0.4 is 10.8 Å². The lowest BCUT2D eigenvalue weighted by Crippen LogP contribution is -2.26. The van der Waals surface area contributed by atoms with E-state index in [1.165, 1.54) is 0 Å². The molecule has 2 N–H and O–H groups in total. The predicted molar refractivity (Wildman–Crippen MR) is 141 cm³/mol. The molecule has 0 atom stereocenters. The second-order valence-electron chi connectivity index (χ2n) is 8.42. The van der Waals surface area contributed by atoms with E-state index in [4.69, 9.17) is 16.4 Å². The third kappa shape index (κ3) is 5.57. The van der Waals surface area contributed by atoms with Crippen LogP contribution in [0.1, 0.15) is 28.9 Å². The Hall–Kier alpha value is -2.76. The summed E-state index contributed by atoms with van der Waals surface area (Å²) in [6, 6.07) is 12.7. The minimum absolute atomic E-state index is 0.0110. The molecule has 2 aromatic carbocycles. The van der Waals surface area contributed by atoms with E-state index < -0.39 is 11.7 Å². The van der Waals surface area contributed by atoms with Gasteiger partial charge in [-0.2, -0.15) is 0 Å². The van der Waals surface area contributed by atoms with Gasteiger partial charge in [-0.05, 0) is 77.7 Å². The molecule has 180 valence electrons. The monoisotopic (exact) mass is 605 g/mol. The number of imidazole rings is 1. The molecule has 1 amide bonds. The highest BCUT2D eigenvalue weighted by molar-refractivity contribution is 14.1. The van der Waals surface area contributed by atoms with Crippen molar-refractivity contribution in [3.8, 4) is 0 Å². The third-order valence-corrected chi connectivity index (χ3v) is 6.79. The summed E-state index contributed by atoms with van der Waals surface area (Å²) in [5.41, 5.74) is 4.60. The maximum Gasteiger partial charge on any atom is 0.277 e. The van der Waals surface area contributed by atoms with Crippen LogP contribution in [-0.4, -0.2) is 27.0 Å². The molecule has 0 radical (unpaired) electrons. The summed E-state index contributed by atoms with van der Waals surface area (Å²) in [5.74, 6) is -0.722. The van der Waals surface area contributed by atoms with Gasteiger partial charge in [0.1, 0.15) is 5.52 Å². The number of nitrogens with zero attached hydrogens (tertiary/aromatic N) is 3. The predicted octanol–water partition coefficient (Wildman–Crippen LogP) is 5.89. The number of aromatic nitrogens is 3. The summed E-state index contributed by atoms with van der Waals surface area (Å²) < 4.78 is 18.6. The van der Waals surface area contributed by atoms with Crippen LogP contribution in [0.3, 0.4) is 0 Å². The molecule has 10 heteroatoms. The Morgan fingerprint density at radius 1 is 1.23 bits per heavy atom. The minimum atomic E-state index is -0.638. The van der Waals surface area contributed by atoms with Gasteiger partial charge in [0, 0.05) is 28.4 Å². The van der Waals surface area contributed by atoms with Gasteiger partial charge in [-0.25, -0.2) is 14.9 Å². The van der Waals surface area contributed by atoms with E-state index in [-0.39, 0.29) is 16.8 Å². The lowest BCUT2D eigenvalue weighted by molar-refractivity contribution is 0.0271. The van der Waals surface area contributed by atoms with Crippen LogP contribution >= 0.6 is 34.2 Å². The van der Waals surface area contributed by atoms with Gasteiger partial charge in [0.2, 0.25) is 0 Å². The van der Waals surface area contributed by atoms with Crippen molar-refractivity contribution < 1.29 is 14.0 Å². The quantitative estimate of drug-likeness (QED) is 0.184. The number of rotatable bonds is 9.